The number of hydrogen-bond acceptors (Lipinski definition) is 8. The molecule has 0 radical (unpaired) electrons. The Morgan fingerprint density at radius 1 is 1.00 bits per heavy atom. The van der Waals surface area contributed by atoms with Crippen LogP contribution in [0.15, 0.2) is 60.9 Å². The molecule has 3 N–H and O–H groups in total. The fraction of sp³-hybridized carbons (Fsp3) is 0.0556. The van der Waals surface area contributed by atoms with E-state index in [-0.39, 0.29) is 17.3 Å². The number of nitrogens with one attached hydrogen (secondary N) is 3. The Morgan fingerprint density at radius 2 is 1.65 bits per heavy atom. The monoisotopic (exact) mass is 434 g/mol. The van der Waals surface area contributed by atoms with Crippen molar-refractivity contribution in [1.29, 1.82) is 0 Å². The van der Waals surface area contributed by atoms with Crippen molar-refractivity contribution in [2.45, 2.75) is 6.36 Å². The second-order valence-electron chi connectivity index (χ2n) is 5.82. The fourth-order valence-electron chi connectivity index (χ4n) is 2.39. The van der Waals surface area contributed by atoms with Gasteiger partial charge in [0.2, 0.25) is 11.6 Å². The van der Waals surface area contributed by atoms with E-state index in [4.69, 9.17) is 0 Å². The third kappa shape index (κ3) is 5.79. The predicted octanol–water partition coefficient (Wildman–Crippen LogP) is 3.78. The third-order valence-corrected chi connectivity index (χ3v) is 3.69. The number of rotatable bonds is 7. The van der Waals surface area contributed by atoms with Crippen LogP contribution in [0.5, 0.6) is 5.75 Å². The topological polar surface area (TPSA) is 131 Å². The minimum atomic E-state index is -4.84. The molecule has 0 aliphatic carbocycles. The number of amides is 1. The number of carbonyl (C=O) groups is 1. The van der Waals surface area contributed by atoms with Crippen LogP contribution in [0, 0.1) is 10.1 Å². The van der Waals surface area contributed by atoms with E-state index < -0.39 is 28.6 Å². The van der Waals surface area contributed by atoms with Crippen molar-refractivity contribution in [3.63, 3.8) is 0 Å². The number of aromatic nitrogens is 2. The standard InChI is InChI=1S/C18H13F3N6O4/c19-18(20,21)31-13-8-6-12(7-9-13)24-15-14(27(29)30)16(23-10-22-15)25-26-17(28)11-4-2-1-3-5-11/h1-10H,(H,26,28)(H2,22,23,24,25). The molecule has 0 bridgehead atoms. The molecule has 1 aromatic heterocycles. The molecule has 0 unspecified atom stereocenters. The molecule has 0 atom stereocenters. The van der Waals surface area contributed by atoms with Crippen LogP contribution in [0.3, 0.4) is 0 Å². The van der Waals surface area contributed by atoms with Gasteiger partial charge in [-0.1, -0.05) is 18.2 Å². The maximum Gasteiger partial charge on any atom is 0.573 e. The van der Waals surface area contributed by atoms with Gasteiger partial charge in [-0.25, -0.2) is 9.97 Å². The van der Waals surface area contributed by atoms with Crippen LogP contribution < -0.4 is 20.9 Å². The number of carbonyl (C=O) groups excluding carboxylic acids is 1. The number of anilines is 3. The molecule has 2 aromatic carbocycles. The van der Waals surface area contributed by atoms with Crippen LogP contribution >= 0.6 is 0 Å². The maximum absolute atomic E-state index is 12.2. The number of hydrogen-bond donors (Lipinski definition) is 3. The third-order valence-electron chi connectivity index (χ3n) is 3.69. The van der Waals surface area contributed by atoms with Gasteiger partial charge in [-0.2, -0.15) is 0 Å². The molecule has 10 nitrogen and oxygen atoms in total. The van der Waals surface area contributed by atoms with E-state index in [1.807, 2.05) is 0 Å². The Labute approximate surface area is 172 Å². The highest BCUT2D eigenvalue weighted by atomic mass is 19.4. The number of hydrazine groups is 1. The van der Waals surface area contributed by atoms with Crippen molar-refractivity contribution in [3.05, 3.63) is 76.6 Å². The van der Waals surface area contributed by atoms with Crippen LogP contribution in [0.4, 0.5) is 36.2 Å². The highest BCUT2D eigenvalue weighted by molar-refractivity contribution is 5.95. The van der Waals surface area contributed by atoms with Crippen molar-refractivity contribution in [1.82, 2.24) is 15.4 Å². The van der Waals surface area contributed by atoms with Gasteiger partial charge < -0.3 is 10.1 Å². The van der Waals surface area contributed by atoms with Crippen molar-refractivity contribution >= 4 is 28.9 Å². The summed E-state index contributed by atoms with van der Waals surface area (Å²) in [4.78, 5) is 30.4. The molecule has 1 heterocycles. The largest absolute Gasteiger partial charge is 0.573 e. The highest BCUT2D eigenvalue weighted by Gasteiger charge is 2.31. The number of ether oxygens (including phenoxy) is 1. The summed E-state index contributed by atoms with van der Waals surface area (Å²) in [5.41, 5.74) is 4.60. The zero-order valence-corrected chi connectivity index (χ0v) is 15.4. The first-order valence-electron chi connectivity index (χ1n) is 8.46. The quantitative estimate of drug-likeness (QED) is 0.378. The lowest BCUT2D eigenvalue weighted by Gasteiger charge is -2.12. The number of halogens is 3. The minimum Gasteiger partial charge on any atom is -0.406 e. The van der Waals surface area contributed by atoms with Gasteiger partial charge in [0.25, 0.3) is 5.91 Å². The number of benzene rings is 2. The van der Waals surface area contributed by atoms with Gasteiger partial charge >= 0.3 is 12.0 Å². The Hall–Kier alpha value is -4.42. The summed E-state index contributed by atoms with van der Waals surface area (Å²) >= 11 is 0. The molecule has 13 heteroatoms. The first-order chi connectivity index (χ1) is 14.7. The van der Waals surface area contributed by atoms with Gasteiger partial charge in [0.05, 0.1) is 4.92 Å². The number of nitrogens with zero attached hydrogens (tertiary/aromatic N) is 3. The van der Waals surface area contributed by atoms with Crippen LogP contribution in [-0.4, -0.2) is 27.2 Å². The van der Waals surface area contributed by atoms with E-state index in [1.54, 1.807) is 30.3 Å². The first-order valence-corrected chi connectivity index (χ1v) is 8.46. The Balaban J connectivity index is 1.77. The molecule has 31 heavy (non-hydrogen) atoms. The molecular weight excluding hydrogens is 421 g/mol. The number of nitro groups is 1. The highest BCUT2D eigenvalue weighted by Crippen LogP contribution is 2.31. The van der Waals surface area contributed by atoms with E-state index in [0.29, 0.717) is 5.56 Å². The molecule has 160 valence electrons. The summed E-state index contributed by atoms with van der Waals surface area (Å²) in [7, 11) is 0. The maximum atomic E-state index is 12.2. The summed E-state index contributed by atoms with van der Waals surface area (Å²) in [5, 5.41) is 14.2. The van der Waals surface area contributed by atoms with Crippen molar-refractivity contribution < 1.29 is 27.6 Å². The van der Waals surface area contributed by atoms with Crippen LogP contribution in [-0.2, 0) is 0 Å². The van der Waals surface area contributed by atoms with E-state index in [0.717, 1.165) is 18.5 Å². The van der Waals surface area contributed by atoms with Gasteiger partial charge in [0, 0.05) is 11.3 Å². The first kappa shape index (κ1) is 21.3. The van der Waals surface area contributed by atoms with Crippen LogP contribution in [0.2, 0.25) is 0 Å². The molecule has 3 rings (SSSR count). The molecule has 0 fully saturated rings. The molecule has 0 saturated heterocycles. The van der Waals surface area contributed by atoms with Crippen molar-refractivity contribution in [2.75, 3.05) is 10.7 Å². The molecule has 0 aliphatic rings. The average Bonchev–Trinajstić information content (AvgIpc) is 2.73. The molecule has 3 aromatic rings. The van der Waals surface area contributed by atoms with Gasteiger partial charge in [0.1, 0.15) is 12.1 Å². The van der Waals surface area contributed by atoms with Gasteiger partial charge in [0.15, 0.2) is 0 Å². The lowest BCUT2D eigenvalue weighted by atomic mass is 10.2. The Morgan fingerprint density at radius 3 is 2.26 bits per heavy atom. The van der Waals surface area contributed by atoms with Crippen LogP contribution in [0.1, 0.15) is 10.4 Å². The molecule has 0 saturated carbocycles. The van der Waals surface area contributed by atoms with Gasteiger partial charge in [-0.15, -0.1) is 13.2 Å². The Kier molecular flexibility index (Phi) is 6.14. The lowest BCUT2D eigenvalue weighted by Crippen LogP contribution is -2.30. The summed E-state index contributed by atoms with van der Waals surface area (Å²) < 4.78 is 40.5. The van der Waals surface area contributed by atoms with E-state index >= 15 is 0 Å². The number of alkyl halides is 3. The van der Waals surface area contributed by atoms with Crippen molar-refractivity contribution in [2.24, 2.45) is 0 Å². The normalized spacial score (nSPS) is 10.8. The Bertz CT molecular complexity index is 1080. The molecule has 0 aliphatic heterocycles. The molecule has 1 amide bonds. The van der Waals surface area contributed by atoms with E-state index in [1.165, 1.54) is 12.1 Å². The summed E-state index contributed by atoms with van der Waals surface area (Å²) in [6.45, 7) is 0. The summed E-state index contributed by atoms with van der Waals surface area (Å²) in [5.74, 6) is -1.56. The molecular formula is C18H13F3N6O4. The van der Waals surface area contributed by atoms with Crippen LogP contribution in [0.25, 0.3) is 0 Å². The van der Waals surface area contributed by atoms with Crippen molar-refractivity contribution in [3.8, 4) is 5.75 Å². The minimum absolute atomic E-state index is 0.204. The smallest absolute Gasteiger partial charge is 0.406 e. The lowest BCUT2D eigenvalue weighted by molar-refractivity contribution is -0.383. The van der Waals surface area contributed by atoms with E-state index in [2.05, 4.69) is 30.9 Å². The fourth-order valence-corrected chi connectivity index (χ4v) is 2.39. The summed E-state index contributed by atoms with van der Waals surface area (Å²) in [6, 6.07) is 12.6. The zero-order chi connectivity index (χ0) is 22.4. The predicted molar refractivity (Wildman–Crippen MR) is 103 cm³/mol. The summed E-state index contributed by atoms with van der Waals surface area (Å²) in [6.07, 6.45) is -3.83. The van der Waals surface area contributed by atoms with Gasteiger partial charge in [-0.3, -0.25) is 25.8 Å². The van der Waals surface area contributed by atoms with E-state index in [9.17, 15) is 28.1 Å². The van der Waals surface area contributed by atoms with Gasteiger partial charge in [-0.05, 0) is 36.4 Å². The SMILES string of the molecule is O=C(NNc1ncnc(Nc2ccc(OC(F)(F)F)cc2)c1[N+](=O)[O-])c1ccccc1. The second kappa shape index (κ2) is 8.94. The second-order valence-corrected chi connectivity index (χ2v) is 5.82. The average molecular weight is 434 g/mol. The zero-order valence-electron chi connectivity index (χ0n) is 15.4. The molecule has 0 spiro atoms.